The second kappa shape index (κ2) is 4.51. The van der Waals surface area contributed by atoms with E-state index in [0.29, 0.717) is 5.75 Å². The van der Waals surface area contributed by atoms with Gasteiger partial charge in [-0.25, -0.2) is 0 Å². The standard InChI is InChI=1S/C10H12BrNO.ClH/c11-10-8-3-2-7(12)5-6(8)1-4-9(10)13;/h1,4,7,13H,2-3,5,12H2;1H. The predicted octanol–water partition coefficient (Wildman–Crippen LogP) is 2.39. The molecule has 4 heteroatoms. The molecule has 0 aliphatic heterocycles. The number of hydrogen-bond acceptors (Lipinski definition) is 2. The van der Waals surface area contributed by atoms with Crippen molar-refractivity contribution in [1.82, 2.24) is 0 Å². The van der Waals surface area contributed by atoms with Crippen LogP contribution < -0.4 is 5.73 Å². The lowest BCUT2D eigenvalue weighted by molar-refractivity contribution is 0.468. The number of hydrogen-bond donors (Lipinski definition) is 2. The van der Waals surface area contributed by atoms with Crippen molar-refractivity contribution in [2.45, 2.75) is 25.3 Å². The molecule has 0 bridgehead atoms. The van der Waals surface area contributed by atoms with Crippen LogP contribution in [0.4, 0.5) is 0 Å². The summed E-state index contributed by atoms with van der Waals surface area (Å²) in [5.41, 5.74) is 8.35. The summed E-state index contributed by atoms with van der Waals surface area (Å²) >= 11 is 3.39. The van der Waals surface area contributed by atoms with Crippen molar-refractivity contribution in [1.29, 1.82) is 0 Å². The Kier molecular flexibility index (Phi) is 3.81. The van der Waals surface area contributed by atoms with Crippen LogP contribution in [0.25, 0.3) is 0 Å². The second-order valence-electron chi connectivity index (χ2n) is 3.54. The molecule has 1 aliphatic carbocycles. The van der Waals surface area contributed by atoms with Gasteiger partial charge in [0.05, 0.1) is 4.47 Å². The lowest BCUT2D eigenvalue weighted by Crippen LogP contribution is -2.27. The van der Waals surface area contributed by atoms with Crippen molar-refractivity contribution in [2.75, 3.05) is 0 Å². The summed E-state index contributed by atoms with van der Waals surface area (Å²) in [5, 5.41) is 9.46. The average molecular weight is 279 g/mol. The third-order valence-corrected chi connectivity index (χ3v) is 3.45. The van der Waals surface area contributed by atoms with Crippen molar-refractivity contribution in [2.24, 2.45) is 5.73 Å². The number of phenols is 1. The third kappa shape index (κ3) is 2.05. The normalized spacial score (nSPS) is 19.7. The molecule has 78 valence electrons. The van der Waals surface area contributed by atoms with E-state index in [1.54, 1.807) is 6.07 Å². The molecule has 1 aromatic carbocycles. The van der Waals surface area contributed by atoms with Crippen LogP contribution in [0.3, 0.4) is 0 Å². The van der Waals surface area contributed by atoms with Gasteiger partial charge in [0, 0.05) is 6.04 Å². The van der Waals surface area contributed by atoms with Gasteiger partial charge in [-0.15, -0.1) is 12.4 Å². The minimum atomic E-state index is 0. The first-order valence-electron chi connectivity index (χ1n) is 4.43. The summed E-state index contributed by atoms with van der Waals surface area (Å²) in [6, 6.07) is 3.97. The van der Waals surface area contributed by atoms with Crippen LogP contribution in [-0.4, -0.2) is 11.1 Å². The van der Waals surface area contributed by atoms with Gasteiger partial charge in [0.15, 0.2) is 0 Å². The summed E-state index contributed by atoms with van der Waals surface area (Å²) in [5.74, 6) is 0.328. The first-order valence-corrected chi connectivity index (χ1v) is 5.22. The van der Waals surface area contributed by atoms with Gasteiger partial charge in [-0.1, -0.05) is 6.07 Å². The van der Waals surface area contributed by atoms with Gasteiger partial charge in [-0.05, 0) is 52.4 Å². The number of aromatic hydroxyl groups is 1. The first kappa shape index (κ1) is 11.8. The molecule has 0 saturated heterocycles. The van der Waals surface area contributed by atoms with Gasteiger partial charge in [0.2, 0.25) is 0 Å². The predicted molar refractivity (Wildman–Crippen MR) is 63.1 cm³/mol. The van der Waals surface area contributed by atoms with Crippen LogP contribution in [0.1, 0.15) is 17.5 Å². The quantitative estimate of drug-likeness (QED) is 0.765. The first-order chi connectivity index (χ1) is 6.18. The minimum absolute atomic E-state index is 0. The summed E-state index contributed by atoms with van der Waals surface area (Å²) in [4.78, 5) is 0. The third-order valence-electron chi connectivity index (χ3n) is 2.57. The van der Waals surface area contributed by atoms with E-state index in [0.717, 1.165) is 23.7 Å². The van der Waals surface area contributed by atoms with E-state index in [4.69, 9.17) is 5.73 Å². The Morgan fingerprint density at radius 3 is 2.86 bits per heavy atom. The molecule has 2 rings (SSSR count). The van der Waals surface area contributed by atoms with Crippen molar-refractivity contribution >= 4 is 28.3 Å². The van der Waals surface area contributed by atoms with Crippen molar-refractivity contribution in [3.63, 3.8) is 0 Å². The number of nitrogens with two attached hydrogens (primary N) is 1. The molecule has 1 unspecified atom stereocenters. The molecule has 14 heavy (non-hydrogen) atoms. The summed E-state index contributed by atoms with van der Waals surface area (Å²) in [6.07, 6.45) is 2.90. The van der Waals surface area contributed by atoms with Crippen LogP contribution in [0.5, 0.6) is 5.75 Å². The Morgan fingerprint density at radius 1 is 1.43 bits per heavy atom. The molecular formula is C10H13BrClNO. The molecule has 3 N–H and O–H groups in total. The minimum Gasteiger partial charge on any atom is -0.507 e. The number of phenolic OH excluding ortho intramolecular Hbond substituents is 1. The molecule has 0 heterocycles. The van der Waals surface area contributed by atoms with Crippen molar-refractivity contribution < 1.29 is 5.11 Å². The monoisotopic (exact) mass is 277 g/mol. The Morgan fingerprint density at radius 2 is 2.14 bits per heavy atom. The molecule has 0 spiro atoms. The zero-order valence-corrected chi connectivity index (χ0v) is 10.1. The van der Waals surface area contributed by atoms with E-state index in [1.165, 1.54) is 11.1 Å². The fraction of sp³-hybridized carbons (Fsp3) is 0.400. The summed E-state index contributed by atoms with van der Waals surface area (Å²) < 4.78 is 0.844. The van der Waals surface area contributed by atoms with Crippen molar-refractivity contribution in [3.8, 4) is 5.75 Å². The lowest BCUT2D eigenvalue weighted by atomic mass is 9.89. The summed E-state index contributed by atoms with van der Waals surface area (Å²) in [6.45, 7) is 0. The van der Waals surface area contributed by atoms with E-state index in [-0.39, 0.29) is 18.4 Å². The van der Waals surface area contributed by atoms with Crippen molar-refractivity contribution in [3.05, 3.63) is 27.7 Å². The highest BCUT2D eigenvalue weighted by Gasteiger charge is 2.18. The maximum Gasteiger partial charge on any atom is 0.130 e. The lowest BCUT2D eigenvalue weighted by Gasteiger charge is -2.22. The highest BCUT2D eigenvalue weighted by atomic mass is 79.9. The van der Waals surface area contributed by atoms with Crippen LogP contribution >= 0.6 is 28.3 Å². The Balaban J connectivity index is 0.000000980. The Labute approximate surface area is 98.0 Å². The van der Waals surface area contributed by atoms with Crippen LogP contribution in [-0.2, 0) is 12.8 Å². The maximum atomic E-state index is 9.46. The number of rotatable bonds is 0. The van der Waals surface area contributed by atoms with Crippen LogP contribution in [0.2, 0.25) is 0 Å². The SMILES string of the molecule is Cl.NC1CCc2c(ccc(O)c2Br)C1. The van der Waals surface area contributed by atoms with E-state index in [1.807, 2.05) is 6.07 Å². The Bertz CT molecular complexity index is 343. The van der Waals surface area contributed by atoms with E-state index in [2.05, 4.69) is 15.9 Å². The van der Waals surface area contributed by atoms with E-state index >= 15 is 0 Å². The van der Waals surface area contributed by atoms with Crippen LogP contribution in [0.15, 0.2) is 16.6 Å². The second-order valence-corrected chi connectivity index (χ2v) is 4.33. The van der Waals surface area contributed by atoms with E-state index < -0.39 is 0 Å². The summed E-state index contributed by atoms with van der Waals surface area (Å²) in [7, 11) is 0. The van der Waals surface area contributed by atoms with Gasteiger partial charge >= 0.3 is 0 Å². The van der Waals surface area contributed by atoms with Gasteiger partial charge in [-0.3, -0.25) is 0 Å². The molecular weight excluding hydrogens is 265 g/mol. The van der Waals surface area contributed by atoms with Crippen LogP contribution in [0, 0.1) is 0 Å². The number of halogens is 2. The fourth-order valence-electron chi connectivity index (χ4n) is 1.82. The fourth-order valence-corrected chi connectivity index (χ4v) is 2.41. The average Bonchev–Trinajstić information content (AvgIpc) is 2.12. The number of benzene rings is 1. The molecule has 1 aromatic rings. The van der Waals surface area contributed by atoms with Gasteiger partial charge < -0.3 is 10.8 Å². The molecule has 0 aromatic heterocycles. The smallest absolute Gasteiger partial charge is 0.130 e. The number of fused-ring (bicyclic) bond motifs is 1. The highest BCUT2D eigenvalue weighted by molar-refractivity contribution is 9.10. The van der Waals surface area contributed by atoms with E-state index in [9.17, 15) is 5.11 Å². The molecule has 0 fully saturated rings. The zero-order valence-electron chi connectivity index (χ0n) is 7.66. The molecule has 2 nitrogen and oxygen atoms in total. The maximum absolute atomic E-state index is 9.46. The molecule has 0 amide bonds. The molecule has 0 radical (unpaired) electrons. The topological polar surface area (TPSA) is 46.2 Å². The molecule has 1 aliphatic rings. The molecule has 0 saturated carbocycles. The highest BCUT2D eigenvalue weighted by Crippen LogP contribution is 2.34. The zero-order chi connectivity index (χ0) is 9.42. The van der Waals surface area contributed by atoms with Gasteiger partial charge in [-0.2, -0.15) is 0 Å². The largest absolute Gasteiger partial charge is 0.507 e. The Hall–Kier alpha value is -0.250. The van der Waals surface area contributed by atoms with Gasteiger partial charge in [0.1, 0.15) is 5.75 Å². The molecule has 1 atom stereocenters. The van der Waals surface area contributed by atoms with Gasteiger partial charge in [0.25, 0.3) is 0 Å².